The summed E-state index contributed by atoms with van der Waals surface area (Å²) in [5.74, 6) is 0.853. The van der Waals surface area contributed by atoms with Crippen LogP contribution in [0.15, 0.2) is 33.2 Å². The number of rotatable bonds is 6. The quantitative estimate of drug-likeness (QED) is 0.637. The van der Waals surface area contributed by atoms with E-state index in [0.29, 0.717) is 6.61 Å². The first-order chi connectivity index (χ1) is 9.19. The molecule has 0 amide bonds. The van der Waals surface area contributed by atoms with Crippen molar-refractivity contribution in [3.05, 3.63) is 38.8 Å². The van der Waals surface area contributed by atoms with Crippen LogP contribution in [-0.4, -0.2) is 12.1 Å². The molecule has 2 nitrogen and oxygen atoms in total. The summed E-state index contributed by atoms with van der Waals surface area (Å²) in [5, 5.41) is 3.48. The number of hydrogen-bond acceptors (Lipinski definition) is 2. The van der Waals surface area contributed by atoms with E-state index in [4.69, 9.17) is 4.74 Å². The maximum Gasteiger partial charge on any atom is 0.147 e. The Bertz CT molecular complexity index is 455. The molecule has 20 heavy (non-hydrogen) atoms. The molecule has 4 heteroatoms. The SMILES string of the molecule is C=C(C)CCOc1c(Br)cc(CNC(C)(C)C)cc1Br. The Morgan fingerprint density at radius 2 is 1.80 bits per heavy atom. The van der Waals surface area contributed by atoms with Crippen molar-refractivity contribution >= 4 is 31.9 Å². The largest absolute Gasteiger partial charge is 0.491 e. The first-order valence-electron chi connectivity index (χ1n) is 6.69. The highest BCUT2D eigenvalue weighted by Crippen LogP contribution is 2.35. The molecule has 1 N–H and O–H groups in total. The minimum Gasteiger partial charge on any atom is -0.491 e. The van der Waals surface area contributed by atoms with Gasteiger partial charge in [0, 0.05) is 18.5 Å². The number of benzene rings is 1. The Hall–Kier alpha value is -0.320. The van der Waals surface area contributed by atoms with E-state index in [2.05, 4.69) is 76.7 Å². The highest BCUT2D eigenvalue weighted by Gasteiger charge is 2.12. The van der Waals surface area contributed by atoms with E-state index in [1.54, 1.807) is 0 Å². The van der Waals surface area contributed by atoms with Crippen molar-refractivity contribution in [2.45, 2.75) is 46.2 Å². The number of ether oxygens (including phenoxy) is 1. The highest BCUT2D eigenvalue weighted by atomic mass is 79.9. The number of hydrogen-bond donors (Lipinski definition) is 1. The van der Waals surface area contributed by atoms with Crippen LogP contribution < -0.4 is 10.1 Å². The minimum absolute atomic E-state index is 0.107. The fourth-order valence-corrected chi connectivity index (χ4v) is 3.06. The first-order valence-corrected chi connectivity index (χ1v) is 8.28. The standard InChI is InChI=1S/C16H23Br2NO/c1-11(2)6-7-20-15-13(17)8-12(9-14(15)18)10-19-16(3,4)5/h8-9,19H,1,6-7,10H2,2-5H3. The van der Waals surface area contributed by atoms with Gasteiger partial charge in [-0.05, 0) is 77.3 Å². The normalized spacial score (nSPS) is 11.5. The van der Waals surface area contributed by atoms with Crippen LogP contribution >= 0.6 is 31.9 Å². The third-order valence-electron chi connectivity index (χ3n) is 2.66. The van der Waals surface area contributed by atoms with Gasteiger partial charge in [-0.15, -0.1) is 6.58 Å². The molecule has 0 aromatic heterocycles. The van der Waals surface area contributed by atoms with Gasteiger partial charge in [0.25, 0.3) is 0 Å². The van der Waals surface area contributed by atoms with Crippen molar-refractivity contribution in [1.29, 1.82) is 0 Å². The van der Waals surface area contributed by atoms with Crippen molar-refractivity contribution in [3.8, 4) is 5.75 Å². The van der Waals surface area contributed by atoms with Gasteiger partial charge in [0.15, 0.2) is 0 Å². The maximum absolute atomic E-state index is 5.80. The van der Waals surface area contributed by atoms with Gasteiger partial charge in [-0.25, -0.2) is 0 Å². The van der Waals surface area contributed by atoms with E-state index in [1.807, 2.05) is 6.92 Å². The Balaban J connectivity index is 2.73. The van der Waals surface area contributed by atoms with Gasteiger partial charge in [0.1, 0.15) is 5.75 Å². The third kappa shape index (κ3) is 6.42. The molecule has 112 valence electrons. The van der Waals surface area contributed by atoms with E-state index >= 15 is 0 Å². The smallest absolute Gasteiger partial charge is 0.147 e. The molecule has 0 bridgehead atoms. The van der Waals surface area contributed by atoms with Gasteiger partial charge < -0.3 is 10.1 Å². The summed E-state index contributed by atoms with van der Waals surface area (Å²) in [6.45, 7) is 13.8. The van der Waals surface area contributed by atoms with Gasteiger partial charge in [0.05, 0.1) is 15.6 Å². The van der Waals surface area contributed by atoms with Gasteiger partial charge in [0.2, 0.25) is 0 Å². The fraction of sp³-hybridized carbons (Fsp3) is 0.500. The lowest BCUT2D eigenvalue weighted by Crippen LogP contribution is -2.35. The molecule has 1 aromatic carbocycles. The third-order valence-corrected chi connectivity index (χ3v) is 3.83. The zero-order valence-electron chi connectivity index (χ0n) is 12.6. The van der Waals surface area contributed by atoms with Gasteiger partial charge in [-0.1, -0.05) is 5.57 Å². The Labute approximate surface area is 139 Å². The molecule has 0 unspecified atom stereocenters. The Morgan fingerprint density at radius 1 is 1.25 bits per heavy atom. The second-order valence-electron chi connectivity index (χ2n) is 6.05. The zero-order valence-corrected chi connectivity index (χ0v) is 15.8. The van der Waals surface area contributed by atoms with Crippen molar-refractivity contribution in [1.82, 2.24) is 5.32 Å². The van der Waals surface area contributed by atoms with Crippen LogP contribution in [0.4, 0.5) is 0 Å². The summed E-state index contributed by atoms with van der Waals surface area (Å²) in [6, 6.07) is 4.19. The average Bonchev–Trinajstić information content (AvgIpc) is 2.29. The van der Waals surface area contributed by atoms with E-state index in [-0.39, 0.29) is 5.54 Å². The summed E-state index contributed by atoms with van der Waals surface area (Å²) >= 11 is 7.16. The molecule has 0 radical (unpaired) electrons. The van der Waals surface area contributed by atoms with Crippen LogP contribution in [0.3, 0.4) is 0 Å². The molecule has 0 heterocycles. The lowest BCUT2D eigenvalue weighted by atomic mass is 10.1. The minimum atomic E-state index is 0.107. The van der Waals surface area contributed by atoms with Crippen molar-refractivity contribution in [3.63, 3.8) is 0 Å². The van der Waals surface area contributed by atoms with Crippen LogP contribution in [0.25, 0.3) is 0 Å². The van der Waals surface area contributed by atoms with Crippen molar-refractivity contribution in [2.75, 3.05) is 6.61 Å². The summed E-state index contributed by atoms with van der Waals surface area (Å²) < 4.78 is 7.75. The highest BCUT2D eigenvalue weighted by molar-refractivity contribution is 9.11. The number of nitrogens with one attached hydrogen (secondary N) is 1. The summed E-state index contributed by atoms with van der Waals surface area (Å²) in [6.07, 6.45) is 0.867. The summed E-state index contributed by atoms with van der Waals surface area (Å²) in [4.78, 5) is 0. The van der Waals surface area contributed by atoms with Crippen molar-refractivity contribution < 1.29 is 4.74 Å². The zero-order chi connectivity index (χ0) is 15.3. The van der Waals surface area contributed by atoms with E-state index < -0.39 is 0 Å². The molecule has 0 aliphatic heterocycles. The molecule has 0 aliphatic rings. The Morgan fingerprint density at radius 3 is 2.25 bits per heavy atom. The maximum atomic E-state index is 5.80. The van der Waals surface area contributed by atoms with Gasteiger partial charge >= 0.3 is 0 Å². The van der Waals surface area contributed by atoms with Crippen LogP contribution in [0.1, 0.15) is 39.7 Å². The lowest BCUT2D eigenvalue weighted by Gasteiger charge is -2.21. The second-order valence-corrected chi connectivity index (χ2v) is 7.76. The van der Waals surface area contributed by atoms with Crippen LogP contribution in [0.5, 0.6) is 5.75 Å². The summed E-state index contributed by atoms with van der Waals surface area (Å²) in [5.41, 5.74) is 2.45. The molecule has 1 rings (SSSR count). The predicted octanol–water partition coefficient (Wildman–Crippen LogP) is 5.44. The predicted molar refractivity (Wildman–Crippen MR) is 93.4 cm³/mol. The molecule has 0 saturated heterocycles. The lowest BCUT2D eigenvalue weighted by molar-refractivity contribution is 0.317. The first kappa shape index (κ1) is 17.7. The second kappa shape index (κ2) is 7.62. The van der Waals surface area contributed by atoms with E-state index in [0.717, 1.165) is 33.2 Å². The van der Waals surface area contributed by atoms with Crippen LogP contribution in [-0.2, 0) is 6.54 Å². The van der Waals surface area contributed by atoms with E-state index in [9.17, 15) is 0 Å². The molecule has 0 fully saturated rings. The molecule has 0 aliphatic carbocycles. The number of halogens is 2. The molecular weight excluding hydrogens is 382 g/mol. The summed E-state index contributed by atoms with van der Waals surface area (Å²) in [7, 11) is 0. The van der Waals surface area contributed by atoms with Crippen molar-refractivity contribution in [2.24, 2.45) is 0 Å². The molecule has 0 spiro atoms. The molecule has 1 aromatic rings. The average molecular weight is 405 g/mol. The molecule has 0 saturated carbocycles. The fourth-order valence-electron chi connectivity index (χ4n) is 1.55. The van der Waals surface area contributed by atoms with E-state index in [1.165, 1.54) is 5.56 Å². The topological polar surface area (TPSA) is 21.3 Å². The van der Waals surface area contributed by atoms with Gasteiger partial charge in [-0.2, -0.15) is 0 Å². The van der Waals surface area contributed by atoms with Crippen LogP contribution in [0.2, 0.25) is 0 Å². The Kier molecular flexibility index (Phi) is 6.76. The molecular formula is C16H23Br2NO. The molecule has 0 atom stereocenters. The van der Waals surface area contributed by atoms with Crippen LogP contribution in [0, 0.1) is 0 Å². The van der Waals surface area contributed by atoms with Gasteiger partial charge in [-0.3, -0.25) is 0 Å². The monoisotopic (exact) mass is 403 g/mol.